The molecule has 0 spiro atoms. The molecule has 3 rings (SSSR count). The fourth-order valence-electron chi connectivity index (χ4n) is 3.07. The van der Waals surface area contributed by atoms with E-state index in [9.17, 15) is 13.2 Å². The van der Waals surface area contributed by atoms with E-state index in [0.29, 0.717) is 37.3 Å². The van der Waals surface area contributed by atoms with Crippen molar-refractivity contribution in [1.29, 1.82) is 0 Å². The van der Waals surface area contributed by atoms with Crippen LogP contribution in [0, 0.1) is 0 Å². The Morgan fingerprint density at radius 1 is 1.32 bits per heavy atom. The van der Waals surface area contributed by atoms with Gasteiger partial charge in [0.05, 0.1) is 23.2 Å². The van der Waals surface area contributed by atoms with Crippen LogP contribution in [0.5, 0.6) is 0 Å². The molecule has 1 N–H and O–H groups in total. The van der Waals surface area contributed by atoms with Crippen molar-refractivity contribution in [2.24, 2.45) is 0 Å². The number of carbonyl (C=O) groups excluding carboxylic acids is 1. The zero-order chi connectivity index (χ0) is 17.9. The number of rotatable bonds is 6. The van der Waals surface area contributed by atoms with E-state index in [1.54, 1.807) is 13.1 Å². The lowest BCUT2D eigenvalue weighted by molar-refractivity contribution is -0.122. The predicted molar refractivity (Wildman–Crippen MR) is 94.7 cm³/mol. The lowest BCUT2D eigenvalue weighted by Crippen LogP contribution is -2.46. The largest absolute Gasteiger partial charge is 0.441 e. The number of aryl methyl sites for hydroxylation is 1. The molecule has 1 amide bonds. The molecule has 2 aromatic rings. The molecule has 1 unspecified atom stereocenters. The highest BCUT2D eigenvalue weighted by molar-refractivity contribution is 7.91. The number of hydrogen-bond donors (Lipinski definition) is 1. The molecule has 7 heteroatoms. The van der Waals surface area contributed by atoms with Crippen molar-refractivity contribution in [1.82, 2.24) is 10.3 Å². The molecule has 0 radical (unpaired) electrons. The summed E-state index contributed by atoms with van der Waals surface area (Å²) in [4.78, 5) is 16.3. The van der Waals surface area contributed by atoms with Crippen LogP contribution in [0.15, 0.2) is 40.9 Å². The van der Waals surface area contributed by atoms with Crippen molar-refractivity contribution in [3.8, 4) is 11.3 Å². The van der Waals surface area contributed by atoms with E-state index in [-0.39, 0.29) is 17.4 Å². The lowest BCUT2D eigenvalue weighted by atomic mass is 10.0. The van der Waals surface area contributed by atoms with Gasteiger partial charge in [0.25, 0.3) is 0 Å². The molecule has 0 aliphatic carbocycles. The Morgan fingerprint density at radius 3 is 2.76 bits per heavy atom. The Balaban J connectivity index is 1.47. The van der Waals surface area contributed by atoms with Crippen molar-refractivity contribution < 1.29 is 17.6 Å². The molecular formula is C18H22N2O4S. The van der Waals surface area contributed by atoms with Gasteiger partial charge < -0.3 is 9.73 Å². The first-order valence-electron chi connectivity index (χ1n) is 8.37. The fourth-order valence-corrected chi connectivity index (χ4v) is 5.16. The first-order chi connectivity index (χ1) is 11.9. The minimum atomic E-state index is -3.03. The smallest absolute Gasteiger partial charge is 0.220 e. The van der Waals surface area contributed by atoms with E-state index >= 15 is 0 Å². The number of benzene rings is 1. The van der Waals surface area contributed by atoms with Gasteiger partial charge in [0.15, 0.2) is 21.5 Å². The van der Waals surface area contributed by atoms with Gasteiger partial charge in [-0.15, -0.1) is 0 Å². The average Bonchev–Trinajstić information content (AvgIpc) is 3.12. The maximum absolute atomic E-state index is 12.1. The SMILES string of the molecule is CC1(NC(=O)CCCc2ncc(-c3ccccc3)o2)CCS(=O)(=O)C1. The maximum atomic E-state index is 12.1. The van der Waals surface area contributed by atoms with Crippen molar-refractivity contribution in [3.63, 3.8) is 0 Å². The van der Waals surface area contributed by atoms with E-state index in [0.717, 1.165) is 5.56 Å². The second-order valence-corrected chi connectivity index (χ2v) is 8.97. The molecular weight excluding hydrogens is 340 g/mol. The van der Waals surface area contributed by atoms with E-state index in [2.05, 4.69) is 10.3 Å². The number of carbonyl (C=O) groups is 1. The molecule has 2 heterocycles. The highest BCUT2D eigenvalue weighted by atomic mass is 32.2. The van der Waals surface area contributed by atoms with E-state index in [1.165, 1.54) is 0 Å². The molecule has 1 saturated heterocycles. The quantitative estimate of drug-likeness (QED) is 0.852. The minimum absolute atomic E-state index is 0.0198. The molecule has 1 aliphatic heterocycles. The zero-order valence-electron chi connectivity index (χ0n) is 14.2. The highest BCUT2D eigenvalue weighted by Gasteiger charge is 2.39. The number of nitrogens with one attached hydrogen (secondary N) is 1. The molecule has 1 atom stereocenters. The van der Waals surface area contributed by atoms with Crippen molar-refractivity contribution in [2.45, 2.75) is 38.1 Å². The van der Waals surface area contributed by atoms with Crippen LogP contribution in [0.1, 0.15) is 32.1 Å². The average molecular weight is 362 g/mol. The number of sulfone groups is 1. The van der Waals surface area contributed by atoms with Crippen LogP contribution in [-0.4, -0.2) is 36.4 Å². The van der Waals surface area contributed by atoms with E-state index < -0.39 is 15.4 Å². The second-order valence-electron chi connectivity index (χ2n) is 6.79. The van der Waals surface area contributed by atoms with Gasteiger partial charge in [0.1, 0.15) is 0 Å². The Hall–Kier alpha value is -2.15. The van der Waals surface area contributed by atoms with Gasteiger partial charge in [0, 0.05) is 18.4 Å². The summed E-state index contributed by atoms with van der Waals surface area (Å²) in [5.41, 5.74) is 0.327. The summed E-state index contributed by atoms with van der Waals surface area (Å²) in [5, 5.41) is 2.86. The summed E-state index contributed by atoms with van der Waals surface area (Å²) in [6.45, 7) is 1.79. The summed E-state index contributed by atoms with van der Waals surface area (Å²) < 4.78 is 28.9. The van der Waals surface area contributed by atoms with Gasteiger partial charge >= 0.3 is 0 Å². The standard InChI is InChI=1S/C18H22N2O4S/c1-18(10-11-25(22,23)13-18)20-16(21)8-5-9-17-19-12-15(24-17)14-6-3-2-4-7-14/h2-4,6-7,12H,5,8-11,13H2,1H3,(H,20,21). The van der Waals surface area contributed by atoms with Gasteiger partial charge in [-0.3, -0.25) is 4.79 Å². The highest BCUT2D eigenvalue weighted by Crippen LogP contribution is 2.23. The normalized spacial score (nSPS) is 22.0. The predicted octanol–water partition coefficient (Wildman–Crippen LogP) is 2.36. The number of hydrogen-bond acceptors (Lipinski definition) is 5. The van der Waals surface area contributed by atoms with Crippen molar-refractivity contribution in [3.05, 3.63) is 42.4 Å². The summed E-state index contributed by atoms with van der Waals surface area (Å²) in [6, 6.07) is 9.72. The molecule has 6 nitrogen and oxygen atoms in total. The third-order valence-corrected chi connectivity index (χ3v) is 6.25. The number of amides is 1. The molecule has 1 aromatic carbocycles. The number of oxazole rings is 1. The van der Waals surface area contributed by atoms with Gasteiger partial charge in [-0.05, 0) is 19.8 Å². The summed E-state index contributed by atoms with van der Waals surface area (Å²) in [7, 11) is -3.03. The first-order valence-corrected chi connectivity index (χ1v) is 10.2. The minimum Gasteiger partial charge on any atom is -0.441 e. The second kappa shape index (κ2) is 7.00. The Labute approximate surface area is 147 Å². The monoisotopic (exact) mass is 362 g/mol. The van der Waals surface area contributed by atoms with Crippen molar-refractivity contribution in [2.75, 3.05) is 11.5 Å². The zero-order valence-corrected chi connectivity index (χ0v) is 15.0. The molecule has 134 valence electrons. The first kappa shape index (κ1) is 17.7. The Bertz CT molecular complexity index is 845. The van der Waals surface area contributed by atoms with Crippen LogP contribution in [0.3, 0.4) is 0 Å². The Morgan fingerprint density at radius 2 is 2.08 bits per heavy atom. The third-order valence-electron chi connectivity index (χ3n) is 4.35. The molecule has 0 saturated carbocycles. The third kappa shape index (κ3) is 4.69. The van der Waals surface area contributed by atoms with Gasteiger partial charge in [-0.1, -0.05) is 30.3 Å². The number of nitrogens with zero attached hydrogens (tertiary/aromatic N) is 1. The fraction of sp³-hybridized carbons (Fsp3) is 0.444. The topological polar surface area (TPSA) is 89.3 Å². The van der Waals surface area contributed by atoms with Crippen molar-refractivity contribution >= 4 is 15.7 Å². The van der Waals surface area contributed by atoms with Gasteiger partial charge in [-0.25, -0.2) is 13.4 Å². The van der Waals surface area contributed by atoms with Crippen LogP contribution >= 0.6 is 0 Å². The van der Waals surface area contributed by atoms with Gasteiger partial charge in [0.2, 0.25) is 5.91 Å². The Kier molecular flexibility index (Phi) is 4.94. The van der Waals surface area contributed by atoms with Gasteiger partial charge in [-0.2, -0.15) is 0 Å². The van der Waals surface area contributed by atoms with E-state index in [4.69, 9.17) is 4.42 Å². The summed E-state index contributed by atoms with van der Waals surface area (Å²) in [6.07, 6.45) is 3.65. The molecule has 1 aliphatic rings. The van der Waals surface area contributed by atoms with E-state index in [1.807, 2.05) is 30.3 Å². The van der Waals surface area contributed by atoms with Crippen LogP contribution in [0.2, 0.25) is 0 Å². The van der Waals surface area contributed by atoms with Crippen LogP contribution in [0.25, 0.3) is 11.3 Å². The molecule has 25 heavy (non-hydrogen) atoms. The lowest BCUT2D eigenvalue weighted by Gasteiger charge is -2.23. The molecule has 1 fully saturated rings. The van der Waals surface area contributed by atoms with Crippen LogP contribution in [0.4, 0.5) is 0 Å². The summed E-state index contributed by atoms with van der Waals surface area (Å²) in [5.74, 6) is 1.34. The van der Waals surface area contributed by atoms with Crippen LogP contribution in [-0.2, 0) is 21.1 Å². The molecule has 1 aromatic heterocycles. The molecule has 0 bridgehead atoms. The summed E-state index contributed by atoms with van der Waals surface area (Å²) >= 11 is 0. The maximum Gasteiger partial charge on any atom is 0.220 e. The van der Waals surface area contributed by atoms with Crippen LogP contribution < -0.4 is 5.32 Å². The number of aromatic nitrogens is 1.